The second kappa shape index (κ2) is 14.7. The van der Waals surface area contributed by atoms with Gasteiger partial charge in [-0.25, -0.2) is 4.98 Å². The number of nitrogens with zero attached hydrogens (tertiary/aromatic N) is 5. The van der Waals surface area contributed by atoms with Crippen LogP contribution in [0.15, 0.2) is 79.3 Å². The van der Waals surface area contributed by atoms with E-state index in [2.05, 4.69) is 44.6 Å². The average molecular weight is 686 g/mol. The zero-order chi connectivity index (χ0) is 35.5. The van der Waals surface area contributed by atoms with Crippen molar-refractivity contribution in [2.24, 2.45) is 11.7 Å². The summed E-state index contributed by atoms with van der Waals surface area (Å²) < 4.78 is 3.91. The van der Waals surface area contributed by atoms with E-state index in [1.54, 1.807) is 30.6 Å². The van der Waals surface area contributed by atoms with Crippen molar-refractivity contribution in [2.45, 2.75) is 57.5 Å². The van der Waals surface area contributed by atoms with Gasteiger partial charge < -0.3 is 25.7 Å². The molecule has 262 valence electrons. The van der Waals surface area contributed by atoms with Crippen molar-refractivity contribution < 1.29 is 14.7 Å². The van der Waals surface area contributed by atoms with E-state index >= 15 is 0 Å². The molecule has 2 aliphatic heterocycles. The molecule has 2 aliphatic rings. The fourth-order valence-electron chi connectivity index (χ4n) is 7.49. The third-order valence-electron chi connectivity index (χ3n) is 10.2. The van der Waals surface area contributed by atoms with Crippen molar-refractivity contribution in [1.82, 2.24) is 29.5 Å². The van der Waals surface area contributed by atoms with E-state index in [1.807, 2.05) is 21.5 Å². The molecule has 2 amide bonds. The lowest BCUT2D eigenvalue weighted by Gasteiger charge is -2.31. The number of piperidine rings is 2. The first kappa shape index (κ1) is 33.9. The van der Waals surface area contributed by atoms with Gasteiger partial charge in [0, 0.05) is 52.8 Å². The summed E-state index contributed by atoms with van der Waals surface area (Å²) in [5, 5.41) is 35.8. The number of para-hydroxylation sites is 1. The standard InChI is InChI=1S/C39H43N9O3/c40-32(29-7-1-2-9-35(29)49)21-30(37(41)42)27-22-44-47(24-27)23-26-14-18-46(19-15-26)17-4-3-6-25-10-11-33-31(20-25)28-8-5-16-43-38(28)48(33)34-12-13-36(50)45-39(34)51/h1-2,5,7-11,16,20-22,24,26,34,40,49H,3-4,6,12-15,17-19,23H2,(H3,41,42)(H,45,50,51)/b30-21-,40-32?. The molecule has 0 spiro atoms. The van der Waals surface area contributed by atoms with Gasteiger partial charge in [0.1, 0.15) is 23.3 Å². The van der Waals surface area contributed by atoms with Crippen molar-refractivity contribution in [2.75, 3.05) is 19.6 Å². The van der Waals surface area contributed by atoms with Crippen molar-refractivity contribution in [3.63, 3.8) is 0 Å². The topological polar surface area (TPSA) is 179 Å². The van der Waals surface area contributed by atoms with Crippen LogP contribution < -0.4 is 11.1 Å². The molecule has 2 aromatic carbocycles. The van der Waals surface area contributed by atoms with Crippen LogP contribution in [0.4, 0.5) is 0 Å². The number of nitrogens with one attached hydrogen (secondary N) is 3. The largest absolute Gasteiger partial charge is 0.507 e. The van der Waals surface area contributed by atoms with Gasteiger partial charge in [0.25, 0.3) is 0 Å². The minimum Gasteiger partial charge on any atom is -0.507 e. The van der Waals surface area contributed by atoms with E-state index in [4.69, 9.17) is 16.6 Å². The number of carbonyl (C=O) groups excluding carboxylic acids is 2. The number of amides is 2. The lowest BCUT2D eigenvalue weighted by atomic mass is 9.96. The van der Waals surface area contributed by atoms with Crippen molar-refractivity contribution in [3.8, 4) is 5.75 Å². The van der Waals surface area contributed by atoms with E-state index in [-0.39, 0.29) is 29.1 Å². The quantitative estimate of drug-likeness (QED) is 0.0519. The lowest BCUT2D eigenvalue weighted by molar-refractivity contribution is -0.135. The molecule has 5 heterocycles. The third kappa shape index (κ3) is 7.32. The van der Waals surface area contributed by atoms with Gasteiger partial charge in [-0.2, -0.15) is 5.10 Å². The molecular weight excluding hydrogens is 642 g/mol. The molecule has 1 atom stereocenters. The number of fused-ring (bicyclic) bond motifs is 3. The van der Waals surface area contributed by atoms with Crippen LogP contribution in [0.1, 0.15) is 61.3 Å². The first-order valence-electron chi connectivity index (χ1n) is 17.6. The molecule has 1 unspecified atom stereocenters. The van der Waals surface area contributed by atoms with Crippen LogP contribution in [0.3, 0.4) is 0 Å². The molecule has 2 saturated heterocycles. The number of amidine groups is 1. The maximum absolute atomic E-state index is 12.8. The highest BCUT2D eigenvalue weighted by Gasteiger charge is 2.31. The number of aromatic hydroxyl groups is 1. The highest BCUT2D eigenvalue weighted by atomic mass is 16.3. The molecule has 2 fully saturated rings. The molecule has 7 rings (SSSR count). The van der Waals surface area contributed by atoms with E-state index in [0.717, 1.165) is 80.2 Å². The Morgan fingerprint density at radius 3 is 2.63 bits per heavy atom. The lowest BCUT2D eigenvalue weighted by Crippen LogP contribution is -2.41. The number of pyridine rings is 1. The molecule has 0 aliphatic carbocycles. The first-order chi connectivity index (χ1) is 24.7. The summed E-state index contributed by atoms with van der Waals surface area (Å²) in [7, 11) is 0. The number of aryl methyl sites for hydroxylation is 1. The minimum atomic E-state index is -0.454. The van der Waals surface area contributed by atoms with Gasteiger partial charge in [-0.3, -0.25) is 25.0 Å². The number of carbonyl (C=O) groups is 2. The van der Waals surface area contributed by atoms with Crippen molar-refractivity contribution in [3.05, 3.63) is 96.0 Å². The highest BCUT2D eigenvalue weighted by molar-refractivity contribution is 6.27. The number of phenols is 1. The minimum absolute atomic E-state index is 0.00816. The Bertz CT molecular complexity index is 2160. The average Bonchev–Trinajstić information content (AvgIpc) is 3.72. The van der Waals surface area contributed by atoms with Gasteiger partial charge in [0.15, 0.2) is 0 Å². The number of rotatable bonds is 12. The Hall–Kier alpha value is -5.62. The number of likely N-dealkylation sites (tertiary alicyclic amines) is 1. The molecule has 6 N–H and O–H groups in total. The first-order valence-corrected chi connectivity index (χ1v) is 17.6. The van der Waals surface area contributed by atoms with Crippen LogP contribution in [-0.2, 0) is 22.6 Å². The number of nitrogens with two attached hydrogens (primary N) is 1. The molecule has 3 aromatic heterocycles. The van der Waals surface area contributed by atoms with Crippen LogP contribution in [0, 0.1) is 16.7 Å². The second-order valence-electron chi connectivity index (χ2n) is 13.7. The third-order valence-corrected chi connectivity index (χ3v) is 10.2. The van der Waals surface area contributed by atoms with Crippen LogP contribution in [0.25, 0.3) is 27.5 Å². The van der Waals surface area contributed by atoms with Gasteiger partial charge >= 0.3 is 0 Å². The SMILES string of the molecule is N=C(N)/C(=C\C(=N)c1ccccc1O)c1cnn(CC2CCN(CCCCc3ccc4c(c3)c3cccnc3n4C3CCC(=O)NC3=O)CC2)c1. The molecular formula is C39H43N9O3. The Morgan fingerprint density at radius 2 is 1.84 bits per heavy atom. The monoisotopic (exact) mass is 685 g/mol. The fraction of sp³-hybridized carbons (Fsp3) is 0.333. The van der Waals surface area contributed by atoms with Gasteiger partial charge in [0.2, 0.25) is 11.8 Å². The van der Waals surface area contributed by atoms with Crippen LogP contribution in [-0.4, -0.2) is 72.3 Å². The Labute approximate surface area is 296 Å². The van der Waals surface area contributed by atoms with Crippen molar-refractivity contribution >= 4 is 50.9 Å². The molecule has 12 heteroatoms. The molecule has 12 nitrogen and oxygen atoms in total. The van der Waals surface area contributed by atoms with E-state index in [9.17, 15) is 14.7 Å². The smallest absolute Gasteiger partial charge is 0.249 e. The van der Waals surface area contributed by atoms with Crippen LogP contribution in [0.2, 0.25) is 0 Å². The number of allylic oxidation sites excluding steroid dienone is 1. The Kier molecular flexibility index (Phi) is 9.76. The fourth-order valence-corrected chi connectivity index (χ4v) is 7.49. The number of benzene rings is 2. The van der Waals surface area contributed by atoms with Gasteiger partial charge in [-0.15, -0.1) is 0 Å². The summed E-state index contributed by atoms with van der Waals surface area (Å²) in [6.07, 6.45) is 13.0. The van der Waals surface area contributed by atoms with E-state index in [1.165, 1.54) is 17.7 Å². The van der Waals surface area contributed by atoms with E-state index in [0.29, 0.717) is 35.5 Å². The van der Waals surface area contributed by atoms with Crippen LogP contribution in [0.5, 0.6) is 5.75 Å². The molecule has 0 radical (unpaired) electrons. The summed E-state index contributed by atoms with van der Waals surface area (Å²) in [4.78, 5) is 31.7. The summed E-state index contributed by atoms with van der Waals surface area (Å²) in [5.74, 6) is -0.133. The number of unbranched alkanes of at least 4 members (excludes halogenated alkanes) is 1. The van der Waals surface area contributed by atoms with Gasteiger partial charge in [0.05, 0.1) is 17.4 Å². The Morgan fingerprint density at radius 1 is 1.02 bits per heavy atom. The summed E-state index contributed by atoms with van der Waals surface area (Å²) >= 11 is 0. The number of hydrogen-bond donors (Lipinski definition) is 5. The Balaban J connectivity index is 0.903. The summed E-state index contributed by atoms with van der Waals surface area (Å²) in [5.41, 5.74) is 10.4. The number of hydrogen-bond acceptors (Lipinski definition) is 8. The maximum Gasteiger partial charge on any atom is 0.249 e. The molecule has 0 bridgehead atoms. The highest BCUT2D eigenvalue weighted by Crippen LogP contribution is 2.34. The van der Waals surface area contributed by atoms with Crippen LogP contribution >= 0.6 is 0 Å². The number of phenolic OH excluding ortho intramolecular Hbond substituents is 1. The summed E-state index contributed by atoms with van der Waals surface area (Å²) in [6, 6.07) is 16.7. The zero-order valence-corrected chi connectivity index (χ0v) is 28.5. The molecule has 5 aromatic rings. The number of aromatic nitrogens is 4. The molecule has 51 heavy (non-hydrogen) atoms. The molecule has 0 saturated carbocycles. The summed E-state index contributed by atoms with van der Waals surface area (Å²) in [6.45, 7) is 3.95. The number of imide groups is 1. The van der Waals surface area contributed by atoms with E-state index < -0.39 is 6.04 Å². The van der Waals surface area contributed by atoms with Gasteiger partial charge in [-0.1, -0.05) is 18.2 Å². The second-order valence-corrected chi connectivity index (χ2v) is 13.7. The maximum atomic E-state index is 12.8. The zero-order valence-electron chi connectivity index (χ0n) is 28.5. The normalized spacial score (nSPS) is 17.6. The van der Waals surface area contributed by atoms with Crippen molar-refractivity contribution in [1.29, 1.82) is 10.8 Å². The predicted molar refractivity (Wildman–Crippen MR) is 198 cm³/mol. The predicted octanol–water partition coefficient (Wildman–Crippen LogP) is 5.19. The van der Waals surface area contributed by atoms with Gasteiger partial charge in [-0.05, 0) is 112 Å².